The molecule has 0 bridgehead atoms. The summed E-state index contributed by atoms with van der Waals surface area (Å²) in [6.07, 6.45) is 0. The number of rotatable bonds is 7. The Morgan fingerprint density at radius 2 is 1.71 bits per heavy atom. The van der Waals surface area contributed by atoms with Crippen molar-refractivity contribution >= 4 is 0 Å². The Bertz CT molecular complexity index is 586. The topological polar surface area (TPSA) is 47.9 Å². The summed E-state index contributed by atoms with van der Waals surface area (Å²) in [6, 6.07) is 11.8. The number of hydrogen-bond acceptors (Lipinski definition) is 4. The van der Waals surface area contributed by atoms with E-state index in [0.29, 0.717) is 17.1 Å². The van der Waals surface area contributed by atoms with Gasteiger partial charge in [0, 0.05) is 0 Å². The van der Waals surface area contributed by atoms with Crippen molar-refractivity contribution in [2.45, 2.75) is 6.61 Å². The molecule has 4 nitrogen and oxygen atoms in total. The molecule has 112 valence electrons. The molecule has 2 aromatic carbocycles. The molecule has 0 saturated carbocycles. The number of ether oxygens (including phenoxy) is 3. The van der Waals surface area contributed by atoms with Crippen LogP contribution in [0.5, 0.6) is 17.2 Å². The SMILES string of the molecule is COc1ccc(COc2ccccc2OCCO)cc1F. The number of para-hydroxylation sites is 2. The van der Waals surface area contributed by atoms with Gasteiger partial charge in [-0.05, 0) is 29.8 Å². The maximum absolute atomic E-state index is 13.6. The van der Waals surface area contributed by atoms with Crippen molar-refractivity contribution in [1.29, 1.82) is 0 Å². The molecular formula is C16H17FO4. The number of aliphatic hydroxyl groups excluding tert-OH is 1. The Labute approximate surface area is 122 Å². The van der Waals surface area contributed by atoms with Crippen LogP contribution in [0.25, 0.3) is 0 Å². The van der Waals surface area contributed by atoms with E-state index in [2.05, 4.69) is 0 Å². The second-order valence-corrected chi connectivity index (χ2v) is 4.28. The van der Waals surface area contributed by atoms with Gasteiger partial charge >= 0.3 is 0 Å². The maximum atomic E-state index is 13.6. The van der Waals surface area contributed by atoms with E-state index in [1.54, 1.807) is 24.3 Å². The van der Waals surface area contributed by atoms with Crippen LogP contribution in [0, 0.1) is 5.82 Å². The van der Waals surface area contributed by atoms with E-state index < -0.39 is 5.82 Å². The summed E-state index contributed by atoms with van der Waals surface area (Å²) in [4.78, 5) is 0. The summed E-state index contributed by atoms with van der Waals surface area (Å²) < 4.78 is 29.5. The van der Waals surface area contributed by atoms with E-state index in [4.69, 9.17) is 19.3 Å². The molecule has 0 aromatic heterocycles. The van der Waals surface area contributed by atoms with Crippen LogP contribution in [0.3, 0.4) is 0 Å². The molecule has 0 saturated heterocycles. The Kier molecular flexibility index (Phi) is 5.40. The molecule has 2 rings (SSSR count). The fraction of sp³-hybridized carbons (Fsp3) is 0.250. The lowest BCUT2D eigenvalue weighted by atomic mass is 10.2. The van der Waals surface area contributed by atoms with Crippen molar-refractivity contribution in [2.24, 2.45) is 0 Å². The quantitative estimate of drug-likeness (QED) is 0.852. The van der Waals surface area contributed by atoms with Crippen molar-refractivity contribution in [3.63, 3.8) is 0 Å². The van der Waals surface area contributed by atoms with Crippen LogP contribution in [-0.4, -0.2) is 25.4 Å². The van der Waals surface area contributed by atoms with Crippen LogP contribution in [0.4, 0.5) is 4.39 Å². The molecule has 2 aromatic rings. The van der Waals surface area contributed by atoms with Crippen molar-refractivity contribution in [3.8, 4) is 17.2 Å². The molecule has 1 N–H and O–H groups in total. The molecule has 0 radical (unpaired) electrons. The average Bonchev–Trinajstić information content (AvgIpc) is 2.52. The van der Waals surface area contributed by atoms with Crippen molar-refractivity contribution in [3.05, 3.63) is 53.8 Å². The van der Waals surface area contributed by atoms with Crippen LogP contribution < -0.4 is 14.2 Å². The molecule has 0 aliphatic carbocycles. The molecule has 0 atom stereocenters. The van der Waals surface area contributed by atoms with Crippen LogP contribution >= 0.6 is 0 Å². The molecule has 0 aliphatic rings. The zero-order valence-corrected chi connectivity index (χ0v) is 11.7. The van der Waals surface area contributed by atoms with E-state index in [0.717, 1.165) is 0 Å². The summed E-state index contributed by atoms with van der Waals surface area (Å²) in [5.41, 5.74) is 0.685. The lowest BCUT2D eigenvalue weighted by Gasteiger charge is -2.12. The lowest BCUT2D eigenvalue weighted by Crippen LogP contribution is -2.04. The van der Waals surface area contributed by atoms with E-state index in [1.807, 2.05) is 12.1 Å². The van der Waals surface area contributed by atoms with E-state index in [1.165, 1.54) is 13.2 Å². The van der Waals surface area contributed by atoms with E-state index in [-0.39, 0.29) is 25.6 Å². The average molecular weight is 292 g/mol. The van der Waals surface area contributed by atoms with Crippen molar-refractivity contribution in [1.82, 2.24) is 0 Å². The minimum atomic E-state index is -0.427. The van der Waals surface area contributed by atoms with Crippen molar-refractivity contribution in [2.75, 3.05) is 20.3 Å². The summed E-state index contributed by atoms with van der Waals surface area (Å²) in [7, 11) is 1.42. The van der Waals surface area contributed by atoms with Crippen LogP contribution in [-0.2, 0) is 6.61 Å². The predicted octanol–water partition coefficient (Wildman–Crippen LogP) is 2.78. The second-order valence-electron chi connectivity index (χ2n) is 4.28. The van der Waals surface area contributed by atoms with Gasteiger partial charge in [0.25, 0.3) is 0 Å². The number of halogens is 1. The van der Waals surface area contributed by atoms with E-state index in [9.17, 15) is 4.39 Å². The first kappa shape index (κ1) is 15.1. The number of methoxy groups -OCH3 is 1. The van der Waals surface area contributed by atoms with Crippen LogP contribution in [0.15, 0.2) is 42.5 Å². The fourth-order valence-corrected chi connectivity index (χ4v) is 1.81. The van der Waals surface area contributed by atoms with Gasteiger partial charge in [0.2, 0.25) is 0 Å². The molecule has 21 heavy (non-hydrogen) atoms. The van der Waals surface area contributed by atoms with Gasteiger partial charge in [-0.1, -0.05) is 18.2 Å². The third-order valence-electron chi connectivity index (χ3n) is 2.81. The summed E-state index contributed by atoms with van der Waals surface area (Å²) >= 11 is 0. The lowest BCUT2D eigenvalue weighted by molar-refractivity contribution is 0.192. The Morgan fingerprint density at radius 3 is 2.33 bits per heavy atom. The number of benzene rings is 2. The normalized spacial score (nSPS) is 10.2. The molecule has 0 aliphatic heterocycles. The van der Waals surface area contributed by atoms with Gasteiger partial charge < -0.3 is 19.3 Å². The van der Waals surface area contributed by atoms with Gasteiger partial charge in [-0.15, -0.1) is 0 Å². The fourth-order valence-electron chi connectivity index (χ4n) is 1.81. The van der Waals surface area contributed by atoms with Gasteiger partial charge in [-0.3, -0.25) is 0 Å². The third-order valence-corrected chi connectivity index (χ3v) is 2.81. The molecule has 0 amide bonds. The predicted molar refractivity (Wildman–Crippen MR) is 76.3 cm³/mol. The molecule has 0 fully saturated rings. The summed E-state index contributed by atoms with van der Waals surface area (Å²) in [5.74, 6) is 0.858. The van der Waals surface area contributed by atoms with Gasteiger partial charge in [0.15, 0.2) is 23.1 Å². The highest BCUT2D eigenvalue weighted by Gasteiger charge is 2.07. The summed E-state index contributed by atoms with van der Waals surface area (Å²) in [6.45, 7) is 0.329. The first-order valence-electron chi connectivity index (χ1n) is 6.52. The van der Waals surface area contributed by atoms with Gasteiger partial charge in [-0.2, -0.15) is 0 Å². The molecule has 0 heterocycles. The van der Waals surface area contributed by atoms with E-state index >= 15 is 0 Å². The molecular weight excluding hydrogens is 275 g/mol. The summed E-state index contributed by atoms with van der Waals surface area (Å²) in [5, 5.41) is 8.79. The highest BCUT2D eigenvalue weighted by Crippen LogP contribution is 2.27. The number of hydrogen-bond donors (Lipinski definition) is 1. The van der Waals surface area contributed by atoms with Gasteiger partial charge in [0.1, 0.15) is 13.2 Å². The minimum Gasteiger partial charge on any atom is -0.494 e. The molecule has 5 heteroatoms. The Balaban J connectivity index is 2.04. The van der Waals surface area contributed by atoms with Crippen molar-refractivity contribution < 1.29 is 23.7 Å². The minimum absolute atomic E-state index is 0.0714. The zero-order chi connectivity index (χ0) is 15.1. The molecule has 0 spiro atoms. The smallest absolute Gasteiger partial charge is 0.165 e. The standard InChI is InChI=1S/C16H17FO4/c1-19-14-7-6-12(10-13(14)17)11-21-16-5-3-2-4-15(16)20-9-8-18/h2-7,10,18H,8-9,11H2,1H3. The Hall–Kier alpha value is -2.27. The molecule has 0 unspecified atom stereocenters. The third kappa shape index (κ3) is 4.10. The zero-order valence-electron chi connectivity index (χ0n) is 11.7. The first-order chi connectivity index (χ1) is 10.2. The largest absolute Gasteiger partial charge is 0.494 e. The highest BCUT2D eigenvalue weighted by atomic mass is 19.1. The van der Waals surface area contributed by atoms with Gasteiger partial charge in [-0.25, -0.2) is 4.39 Å². The highest BCUT2D eigenvalue weighted by molar-refractivity contribution is 5.39. The maximum Gasteiger partial charge on any atom is 0.165 e. The van der Waals surface area contributed by atoms with Gasteiger partial charge in [0.05, 0.1) is 13.7 Å². The second kappa shape index (κ2) is 7.50. The monoisotopic (exact) mass is 292 g/mol. The van der Waals surface area contributed by atoms with Crippen LogP contribution in [0.2, 0.25) is 0 Å². The first-order valence-corrected chi connectivity index (χ1v) is 6.52. The number of aliphatic hydroxyl groups is 1. The van der Waals surface area contributed by atoms with Crippen LogP contribution in [0.1, 0.15) is 5.56 Å². The Morgan fingerprint density at radius 1 is 1.00 bits per heavy atom.